The minimum atomic E-state index is -3.25. The largest absolute Gasteiger partial charge is 0.515 e. The summed E-state index contributed by atoms with van der Waals surface area (Å²) in [5, 5.41) is 0. The first-order valence-corrected chi connectivity index (χ1v) is 14.5. The number of benzene rings is 1. The first-order valence-electron chi connectivity index (χ1n) is 10.6. The maximum absolute atomic E-state index is 12.9. The smallest absolute Gasteiger partial charge is 0.479 e. The van der Waals surface area contributed by atoms with Crippen LogP contribution < -0.4 is 0 Å². The van der Waals surface area contributed by atoms with E-state index in [0.29, 0.717) is 29.4 Å². The van der Waals surface area contributed by atoms with Crippen LogP contribution in [0.1, 0.15) is 71.7 Å². The Morgan fingerprint density at radius 3 is 1.90 bits per heavy atom. The lowest BCUT2D eigenvalue weighted by molar-refractivity contribution is 0.00136. The highest BCUT2D eigenvalue weighted by Crippen LogP contribution is 2.34. The van der Waals surface area contributed by atoms with Crippen LogP contribution in [0.4, 0.5) is 0 Å². The van der Waals surface area contributed by atoms with Gasteiger partial charge in [-0.1, -0.05) is 39.8 Å². The quantitative estimate of drug-likeness (QED) is 0.156. The van der Waals surface area contributed by atoms with Crippen molar-refractivity contribution >= 4 is 58.9 Å². The number of ketones is 1. The van der Waals surface area contributed by atoms with Gasteiger partial charge in [0, 0.05) is 34.8 Å². The molecule has 9 heteroatoms. The molecule has 0 spiro atoms. The molecule has 0 saturated heterocycles. The first-order chi connectivity index (χ1) is 14.5. The number of halogens is 1. The zero-order chi connectivity index (χ0) is 23.6. The van der Waals surface area contributed by atoms with Crippen molar-refractivity contribution in [2.45, 2.75) is 84.5 Å². The van der Waals surface area contributed by atoms with E-state index < -0.39 is 8.80 Å². The fraction of sp³-hybridized carbons (Fsp3) is 0.636. The van der Waals surface area contributed by atoms with Crippen LogP contribution in [-0.4, -0.2) is 48.8 Å². The number of thioether (sulfide) groups is 1. The molecule has 0 aromatic heterocycles. The molecule has 0 aliphatic rings. The zero-order valence-corrected chi connectivity index (χ0v) is 23.7. The van der Waals surface area contributed by atoms with Gasteiger partial charge in [-0.25, -0.2) is 0 Å². The summed E-state index contributed by atoms with van der Waals surface area (Å²) in [5.74, 6) is 0.0574. The molecule has 1 aromatic rings. The Bertz CT molecular complexity index is 671. The van der Waals surface area contributed by atoms with Gasteiger partial charge in [0.1, 0.15) is 0 Å². The van der Waals surface area contributed by atoms with Crippen molar-refractivity contribution in [2.24, 2.45) is 0 Å². The van der Waals surface area contributed by atoms with E-state index in [9.17, 15) is 4.79 Å². The predicted octanol–water partition coefficient (Wildman–Crippen LogP) is 6.59. The van der Waals surface area contributed by atoms with Crippen molar-refractivity contribution < 1.29 is 22.8 Å². The summed E-state index contributed by atoms with van der Waals surface area (Å²) in [6.45, 7) is 14.1. The normalized spacial score (nSPS) is 13.1. The number of carbonyl (C=O) groups excluding carboxylic acids is 1. The summed E-state index contributed by atoms with van der Waals surface area (Å²) in [4.78, 5) is 12.6. The standard InChI is InChI=1S/C22H35BrO5S2Si/c1-8-25-22(29)30-21(14-13-20(24)18-9-11-19(23)12-10-18)31(26-15(2)3,27-16(4)5)28-17(6)7/h9-12,15-17,21H,8,13-14H2,1-7H3. The van der Waals surface area contributed by atoms with E-state index in [1.807, 2.05) is 72.7 Å². The van der Waals surface area contributed by atoms with Crippen LogP contribution in [-0.2, 0) is 18.0 Å². The lowest BCUT2D eigenvalue weighted by Gasteiger charge is -2.39. The average molecular weight is 552 g/mol. The van der Waals surface area contributed by atoms with Crippen molar-refractivity contribution in [1.29, 1.82) is 0 Å². The molecule has 0 aliphatic heterocycles. The van der Waals surface area contributed by atoms with Crippen molar-refractivity contribution in [1.82, 2.24) is 0 Å². The molecule has 0 fully saturated rings. The Hall–Kier alpha value is -0.293. The lowest BCUT2D eigenvalue weighted by Crippen LogP contribution is -2.59. The number of thiocarbonyl (C=S) groups is 1. The van der Waals surface area contributed by atoms with Crippen molar-refractivity contribution in [3.05, 3.63) is 34.3 Å². The summed E-state index contributed by atoms with van der Waals surface area (Å²) in [6, 6.07) is 7.39. The summed E-state index contributed by atoms with van der Waals surface area (Å²) >= 11 is 10.2. The molecule has 0 amide bonds. The number of carbonyl (C=O) groups is 1. The molecule has 1 rings (SSSR count). The molecule has 0 bridgehead atoms. The third kappa shape index (κ3) is 10.5. The molecule has 1 unspecified atom stereocenters. The van der Waals surface area contributed by atoms with Gasteiger partial charge in [0.15, 0.2) is 5.78 Å². The van der Waals surface area contributed by atoms with Crippen LogP contribution in [0.2, 0.25) is 0 Å². The van der Waals surface area contributed by atoms with Crippen LogP contribution in [0.25, 0.3) is 0 Å². The van der Waals surface area contributed by atoms with Gasteiger partial charge < -0.3 is 18.0 Å². The maximum Gasteiger partial charge on any atom is 0.515 e. The number of ether oxygens (including phenoxy) is 1. The van der Waals surface area contributed by atoms with Gasteiger partial charge in [-0.15, -0.1) is 0 Å². The molecule has 31 heavy (non-hydrogen) atoms. The maximum atomic E-state index is 12.9. The van der Waals surface area contributed by atoms with Crippen LogP contribution in [0, 0.1) is 0 Å². The molecule has 1 atom stereocenters. The molecule has 0 N–H and O–H groups in total. The lowest BCUT2D eigenvalue weighted by atomic mass is 10.1. The van der Waals surface area contributed by atoms with Gasteiger partial charge in [0.25, 0.3) is 0 Å². The third-order valence-electron chi connectivity index (χ3n) is 3.89. The van der Waals surface area contributed by atoms with Crippen molar-refractivity contribution in [2.75, 3.05) is 6.61 Å². The second kappa shape index (κ2) is 14.1. The van der Waals surface area contributed by atoms with Crippen molar-refractivity contribution in [3.63, 3.8) is 0 Å². The molecule has 0 aliphatic carbocycles. The summed E-state index contributed by atoms with van der Waals surface area (Å²) in [5.41, 5.74) is 0.672. The van der Waals surface area contributed by atoms with Gasteiger partial charge in [0.05, 0.1) is 11.5 Å². The Morgan fingerprint density at radius 2 is 1.48 bits per heavy atom. The first kappa shape index (κ1) is 28.7. The van der Waals surface area contributed by atoms with E-state index in [-0.39, 0.29) is 29.0 Å². The highest BCUT2D eigenvalue weighted by molar-refractivity contribution is 9.10. The van der Waals surface area contributed by atoms with E-state index >= 15 is 0 Å². The fourth-order valence-electron chi connectivity index (χ4n) is 2.91. The Kier molecular flexibility index (Phi) is 13.0. The van der Waals surface area contributed by atoms with E-state index in [0.717, 1.165) is 4.47 Å². The van der Waals surface area contributed by atoms with E-state index in [4.69, 9.17) is 30.2 Å². The van der Waals surface area contributed by atoms with Gasteiger partial charge in [0.2, 0.25) is 4.38 Å². The van der Waals surface area contributed by atoms with E-state index in [2.05, 4.69) is 15.9 Å². The summed E-state index contributed by atoms with van der Waals surface area (Å²) in [7, 11) is -3.25. The number of rotatable bonds is 13. The second-order valence-electron chi connectivity index (χ2n) is 7.86. The van der Waals surface area contributed by atoms with Crippen LogP contribution in [0.3, 0.4) is 0 Å². The summed E-state index contributed by atoms with van der Waals surface area (Å²) < 4.78 is 26.1. The van der Waals surface area contributed by atoms with Crippen LogP contribution in [0.15, 0.2) is 28.7 Å². The minimum absolute atomic E-state index is 0.0574. The SMILES string of the molecule is CCOC(=S)SC(CCC(=O)c1ccc(Br)cc1)[Si](OC(C)C)(OC(C)C)OC(C)C. The Balaban J connectivity index is 3.22. The molecule has 176 valence electrons. The number of Topliss-reactive ketones (excluding diaryl/α,β-unsaturated/α-hetero) is 1. The van der Waals surface area contributed by atoms with Gasteiger partial charge in [-0.3, -0.25) is 4.79 Å². The number of hydrogen-bond acceptors (Lipinski definition) is 7. The molecule has 1 aromatic carbocycles. The molecule has 0 heterocycles. The Morgan fingerprint density at radius 1 is 1.00 bits per heavy atom. The topological polar surface area (TPSA) is 54.0 Å². The fourth-order valence-corrected chi connectivity index (χ4v) is 9.05. The summed E-state index contributed by atoms with van der Waals surface area (Å²) in [6.07, 6.45) is 0.526. The highest BCUT2D eigenvalue weighted by atomic mass is 79.9. The average Bonchev–Trinajstić information content (AvgIpc) is 2.63. The molecular formula is C22H35BrO5S2Si. The molecule has 0 radical (unpaired) electrons. The van der Waals surface area contributed by atoms with Crippen LogP contribution >= 0.6 is 39.9 Å². The predicted molar refractivity (Wildman–Crippen MR) is 138 cm³/mol. The van der Waals surface area contributed by atoms with Gasteiger partial charge >= 0.3 is 8.80 Å². The molecular weight excluding hydrogens is 516 g/mol. The Labute approximate surface area is 206 Å². The highest BCUT2D eigenvalue weighted by Gasteiger charge is 2.53. The second-order valence-corrected chi connectivity index (χ2v) is 13.6. The van der Waals surface area contributed by atoms with E-state index in [1.54, 1.807) is 0 Å². The van der Waals surface area contributed by atoms with Gasteiger partial charge in [-0.05, 0) is 79.2 Å². The molecule has 0 saturated carbocycles. The third-order valence-corrected chi connectivity index (χ3v) is 10.4. The monoisotopic (exact) mass is 550 g/mol. The van der Waals surface area contributed by atoms with Gasteiger partial charge in [-0.2, -0.15) is 0 Å². The van der Waals surface area contributed by atoms with Crippen LogP contribution in [0.5, 0.6) is 0 Å². The molecule has 5 nitrogen and oxygen atoms in total. The zero-order valence-electron chi connectivity index (χ0n) is 19.5. The number of hydrogen-bond donors (Lipinski definition) is 0. The minimum Gasteiger partial charge on any atom is -0.479 e. The van der Waals surface area contributed by atoms with Crippen molar-refractivity contribution in [3.8, 4) is 0 Å². The van der Waals surface area contributed by atoms with E-state index in [1.165, 1.54) is 11.8 Å².